The van der Waals surface area contributed by atoms with Crippen molar-refractivity contribution in [1.29, 1.82) is 0 Å². The zero-order chi connectivity index (χ0) is 23.9. The fourth-order valence-corrected chi connectivity index (χ4v) is 4.06. The van der Waals surface area contributed by atoms with Crippen molar-refractivity contribution in [2.45, 2.75) is 18.0 Å². The van der Waals surface area contributed by atoms with Crippen LogP contribution in [0.2, 0.25) is 5.02 Å². The monoisotopic (exact) mass is 600 g/mol. The Bertz CT molecular complexity index is 1020. The van der Waals surface area contributed by atoms with Crippen LogP contribution in [0, 0.1) is 10.1 Å². The van der Waals surface area contributed by atoms with Crippen LogP contribution in [0.25, 0.3) is 0 Å². The van der Waals surface area contributed by atoms with Crippen LogP contribution in [0.15, 0.2) is 39.3 Å². The molecule has 0 aliphatic heterocycles. The first-order chi connectivity index (χ1) is 14.0. The quantitative estimate of drug-likeness (QED) is 0.227. The van der Waals surface area contributed by atoms with E-state index in [1.807, 2.05) is 0 Å². The molecule has 0 fully saturated rings. The molecule has 0 atom stereocenters. The standard InChI is InChI=1S/C16H6Br2ClF7N2O3/c17-8-4-6(14(20,15(21,22)23)16(24,25)26)5-9(18)12(8)27-13(29)7-2-1-3-10(11(7)19)28(30)31/h1-5H,(H,27,29). The van der Waals surface area contributed by atoms with Gasteiger partial charge >= 0.3 is 18.0 Å². The number of nitro groups is 1. The fourth-order valence-electron chi connectivity index (χ4n) is 2.40. The molecule has 5 nitrogen and oxygen atoms in total. The van der Waals surface area contributed by atoms with Crippen LogP contribution in [0.4, 0.5) is 42.1 Å². The van der Waals surface area contributed by atoms with E-state index in [4.69, 9.17) is 11.6 Å². The van der Waals surface area contributed by atoms with Crippen LogP contribution < -0.4 is 5.32 Å². The number of halogens is 10. The lowest BCUT2D eigenvalue weighted by Crippen LogP contribution is -2.50. The lowest BCUT2D eigenvalue weighted by atomic mass is 9.94. The van der Waals surface area contributed by atoms with Crippen molar-refractivity contribution in [3.05, 3.63) is 65.5 Å². The Morgan fingerprint density at radius 3 is 1.90 bits per heavy atom. The molecular weight excluding hydrogens is 596 g/mol. The maximum Gasteiger partial charge on any atom is 0.435 e. The van der Waals surface area contributed by atoms with Crippen molar-refractivity contribution in [2.75, 3.05) is 5.32 Å². The minimum Gasteiger partial charge on any atom is -0.320 e. The van der Waals surface area contributed by atoms with E-state index < -0.39 is 59.6 Å². The number of nitrogens with one attached hydrogen (secondary N) is 1. The third kappa shape index (κ3) is 4.65. The molecule has 2 aromatic rings. The molecule has 0 aliphatic carbocycles. The highest BCUT2D eigenvalue weighted by Crippen LogP contribution is 2.54. The van der Waals surface area contributed by atoms with Crippen molar-refractivity contribution in [2.24, 2.45) is 0 Å². The number of hydrogen-bond donors (Lipinski definition) is 1. The van der Waals surface area contributed by atoms with Gasteiger partial charge in [0, 0.05) is 20.6 Å². The average Bonchev–Trinajstić information content (AvgIpc) is 2.61. The molecule has 1 N–H and O–H groups in total. The molecule has 31 heavy (non-hydrogen) atoms. The SMILES string of the molecule is O=C(Nc1c(Br)cc(C(F)(C(F)(F)F)C(F)(F)F)cc1Br)c1cccc([N+](=O)[O-])c1Cl. The third-order valence-electron chi connectivity index (χ3n) is 3.88. The Balaban J connectivity index is 2.52. The second-order valence-corrected chi connectivity index (χ2v) is 7.91. The Morgan fingerprint density at radius 1 is 1.00 bits per heavy atom. The first-order valence-electron chi connectivity index (χ1n) is 7.58. The van der Waals surface area contributed by atoms with E-state index in [1.165, 1.54) is 0 Å². The zero-order valence-corrected chi connectivity index (χ0v) is 18.3. The summed E-state index contributed by atoms with van der Waals surface area (Å²) >= 11 is 11.2. The van der Waals surface area contributed by atoms with E-state index in [2.05, 4.69) is 37.2 Å². The molecule has 1 amide bonds. The van der Waals surface area contributed by atoms with Gasteiger partial charge in [-0.05, 0) is 50.1 Å². The minimum atomic E-state index is -6.33. The highest BCUT2D eigenvalue weighted by molar-refractivity contribution is 9.11. The summed E-state index contributed by atoms with van der Waals surface area (Å²) in [6.07, 6.45) is -12.7. The number of carbonyl (C=O) groups excluding carboxylic acids is 1. The molecule has 0 heterocycles. The Morgan fingerprint density at radius 2 is 1.48 bits per heavy atom. The second kappa shape index (κ2) is 8.54. The van der Waals surface area contributed by atoms with Gasteiger partial charge in [0.15, 0.2) is 0 Å². The molecule has 0 spiro atoms. The summed E-state index contributed by atoms with van der Waals surface area (Å²) in [5.74, 6) is -1.07. The van der Waals surface area contributed by atoms with Gasteiger partial charge in [0.05, 0.1) is 16.2 Å². The molecule has 0 saturated heterocycles. The molecule has 2 rings (SSSR count). The minimum absolute atomic E-state index is 0.205. The van der Waals surface area contributed by atoms with Crippen molar-refractivity contribution >= 4 is 60.7 Å². The number of carbonyl (C=O) groups is 1. The molecule has 2 aromatic carbocycles. The summed E-state index contributed by atoms with van der Waals surface area (Å²) in [5, 5.41) is 12.5. The summed E-state index contributed by atoms with van der Waals surface area (Å²) in [7, 11) is 0. The highest BCUT2D eigenvalue weighted by Gasteiger charge is 2.73. The van der Waals surface area contributed by atoms with Crippen LogP contribution in [-0.4, -0.2) is 23.2 Å². The topological polar surface area (TPSA) is 72.2 Å². The van der Waals surface area contributed by atoms with Crippen LogP contribution in [0.3, 0.4) is 0 Å². The van der Waals surface area contributed by atoms with Gasteiger partial charge in [-0.2, -0.15) is 26.3 Å². The van der Waals surface area contributed by atoms with Gasteiger partial charge in [-0.25, -0.2) is 4.39 Å². The number of rotatable bonds is 4. The van der Waals surface area contributed by atoms with Gasteiger partial charge in [0.1, 0.15) is 5.02 Å². The molecule has 168 valence electrons. The summed E-state index contributed by atoms with van der Waals surface area (Å²) < 4.78 is 91.0. The van der Waals surface area contributed by atoms with E-state index in [0.29, 0.717) is 0 Å². The molecular formula is C16H6Br2ClF7N2O3. The molecule has 0 aliphatic rings. The average molecular weight is 602 g/mol. The first kappa shape index (κ1) is 25.3. The molecule has 0 unspecified atom stereocenters. The third-order valence-corrected chi connectivity index (χ3v) is 5.53. The number of anilines is 1. The summed E-state index contributed by atoms with van der Waals surface area (Å²) in [6, 6.07) is 3.65. The van der Waals surface area contributed by atoms with Gasteiger partial charge in [-0.15, -0.1) is 0 Å². The number of nitro benzene ring substituents is 1. The summed E-state index contributed by atoms with van der Waals surface area (Å²) in [4.78, 5) is 22.5. The Kier molecular flexibility index (Phi) is 6.98. The fraction of sp³-hybridized carbons (Fsp3) is 0.188. The van der Waals surface area contributed by atoms with Gasteiger partial charge in [0.2, 0.25) is 0 Å². The normalized spacial score (nSPS) is 12.6. The van der Waals surface area contributed by atoms with E-state index in [-0.39, 0.29) is 17.8 Å². The van der Waals surface area contributed by atoms with E-state index in [9.17, 15) is 45.6 Å². The number of amides is 1. The predicted molar refractivity (Wildman–Crippen MR) is 103 cm³/mol. The summed E-state index contributed by atoms with van der Waals surface area (Å²) in [6.45, 7) is 0. The summed E-state index contributed by atoms with van der Waals surface area (Å²) in [5.41, 5.74) is -8.86. The predicted octanol–water partition coefficient (Wildman–Crippen LogP) is 7.31. The lowest BCUT2D eigenvalue weighted by Gasteiger charge is -2.31. The first-order valence-corrected chi connectivity index (χ1v) is 9.55. The Hall–Kier alpha value is -1.93. The zero-order valence-electron chi connectivity index (χ0n) is 14.3. The smallest absolute Gasteiger partial charge is 0.320 e. The second-order valence-electron chi connectivity index (χ2n) is 5.82. The van der Waals surface area contributed by atoms with Crippen LogP contribution in [-0.2, 0) is 5.67 Å². The van der Waals surface area contributed by atoms with Crippen LogP contribution in [0.5, 0.6) is 0 Å². The molecule has 0 aromatic heterocycles. The largest absolute Gasteiger partial charge is 0.435 e. The van der Waals surface area contributed by atoms with Crippen molar-refractivity contribution in [3.8, 4) is 0 Å². The number of nitrogens with zero attached hydrogens (tertiary/aromatic N) is 1. The molecule has 15 heteroatoms. The van der Waals surface area contributed by atoms with Gasteiger partial charge in [-0.3, -0.25) is 14.9 Å². The van der Waals surface area contributed by atoms with Crippen molar-refractivity contribution < 1.29 is 40.5 Å². The van der Waals surface area contributed by atoms with Gasteiger partial charge in [-0.1, -0.05) is 17.7 Å². The van der Waals surface area contributed by atoms with Crippen LogP contribution in [0.1, 0.15) is 15.9 Å². The Labute approximate surface area is 190 Å². The maximum atomic E-state index is 14.3. The number of alkyl halides is 7. The van der Waals surface area contributed by atoms with Crippen molar-refractivity contribution in [1.82, 2.24) is 0 Å². The molecule has 0 saturated carbocycles. The van der Waals surface area contributed by atoms with E-state index >= 15 is 0 Å². The van der Waals surface area contributed by atoms with Crippen molar-refractivity contribution in [3.63, 3.8) is 0 Å². The van der Waals surface area contributed by atoms with Gasteiger partial charge < -0.3 is 5.32 Å². The molecule has 0 bridgehead atoms. The van der Waals surface area contributed by atoms with E-state index in [1.54, 1.807) is 0 Å². The van der Waals surface area contributed by atoms with Gasteiger partial charge in [0.25, 0.3) is 11.6 Å². The number of benzene rings is 2. The molecule has 0 radical (unpaired) electrons. The van der Waals surface area contributed by atoms with Crippen LogP contribution >= 0.6 is 43.5 Å². The van der Waals surface area contributed by atoms with E-state index in [0.717, 1.165) is 18.2 Å². The highest BCUT2D eigenvalue weighted by atomic mass is 79.9. The number of hydrogen-bond acceptors (Lipinski definition) is 3. The maximum absolute atomic E-state index is 14.3. The lowest BCUT2D eigenvalue weighted by molar-refractivity contribution is -0.384.